The molecule has 0 aliphatic heterocycles. The maximum atomic E-state index is 8.85. The zero-order valence-corrected chi connectivity index (χ0v) is 9.59. The maximum Gasteiger partial charge on any atom is 0.0854 e. The van der Waals surface area contributed by atoms with Crippen molar-refractivity contribution in [2.24, 2.45) is 0 Å². The molecule has 0 fully saturated rings. The van der Waals surface area contributed by atoms with Crippen LogP contribution in [0.25, 0.3) is 0 Å². The molecular formula is C13H22O. The summed E-state index contributed by atoms with van der Waals surface area (Å²) < 4.78 is 0. The van der Waals surface area contributed by atoms with Gasteiger partial charge in [0.25, 0.3) is 0 Å². The molecule has 0 atom stereocenters. The third-order valence-corrected chi connectivity index (χ3v) is 1.47. The van der Waals surface area contributed by atoms with Gasteiger partial charge in [-0.15, -0.1) is 0 Å². The molecule has 0 aliphatic carbocycles. The first-order chi connectivity index (χ1) is 6.70. The molecule has 0 aliphatic rings. The van der Waals surface area contributed by atoms with Crippen molar-refractivity contribution >= 4 is 0 Å². The van der Waals surface area contributed by atoms with Crippen molar-refractivity contribution in [3.8, 4) is 0 Å². The van der Waals surface area contributed by atoms with Crippen LogP contribution in [-0.4, -0.2) is 5.11 Å². The minimum absolute atomic E-state index is 0.225. The van der Waals surface area contributed by atoms with Gasteiger partial charge in [-0.3, -0.25) is 0 Å². The molecule has 0 spiro atoms. The van der Waals surface area contributed by atoms with Crippen LogP contribution in [0.5, 0.6) is 0 Å². The number of allylic oxidation sites excluding steroid dienone is 6. The summed E-state index contributed by atoms with van der Waals surface area (Å²) in [5, 5.41) is 8.85. The fraction of sp³-hybridized carbons (Fsp3) is 0.385. The summed E-state index contributed by atoms with van der Waals surface area (Å²) in [5.41, 5.74) is 1.11. The lowest BCUT2D eigenvalue weighted by molar-refractivity contribution is 0.391. The average molecular weight is 194 g/mol. The lowest BCUT2D eigenvalue weighted by Crippen LogP contribution is -1.82. The predicted octanol–water partition coefficient (Wildman–Crippen LogP) is 4.55. The van der Waals surface area contributed by atoms with E-state index in [-0.39, 0.29) is 5.76 Å². The molecule has 0 radical (unpaired) electrons. The van der Waals surface area contributed by atoms with Crippen LogP contribution in [0.2, 0.25) is 0 Å². The number of rotatable bonds is 5. The molecule has 1 heteroatoms. The van der Waals surface area contributed by atoms with E-state index in [0.717, 1.165) is 12.0 Å². The maximum absolute atomic E-state index is 8.85. The summed E-state index contributed by atoms with van der Waals surface area (Å²) in [6, 6.07) is 0. The zero-order valence-electron chi connectivity index (χ0n) is 9.59. The molecule has 14 heavy (non-hydrogen) atoms. The second kappa shape index (κ2) is 11.8. The molecule has 0 heterocycles. The second-order valence-corrected chi connectivity index (χ2v) is 2.54. The smallest absolute Gasteiger partial charge is 0.0854 e. The second-order valence-electron chi connectivity index (χ2n) is 2.54. The van der Waals surface area contributed by atoms with Crippen LogP contribution in [-0.2, 0) is 0 Å². The van der Waals surface area contributed by atoms with Gasteiger partial charge in [0.1, 0.15) is 0 Å². The van der Waals surface area contributed by atoms with Crippen LogP contribution in [0, 0.1) is 0 Å². The van der Waals surface area contributed by atoms with E-state index >= 15 is 0 Å². The Morgan fingerprint density at radius 1 is 1.29 bits per heavy atom. The highest BCUT2D eigenvalue weighted by atomic mass is 16.3. The van der Waals surface area contributed by atoms with Gasteiger partial charge >= 0.3 is 0 Å². The Morgan fingerprint density at radius 3 is 2.21 bits per heavy atom. The van der Waals surface area contributed by atoms with Crippen LogP contribution in [0.1, 0.15) is 33.6 Å². The molecule has 1 nitrogen and oxygen atoms in total. The van der Waals surface area contributed by atoms with Crippen LogP contribution in [0.15, 0.2) is 48.8 Å². The highest BCUT2D eigenvalue weighted by Crippen LogP contribution is 2.09. The summed E-state index contributed by atoms with van der Waals surface area (Å²) in [7, 11) is 0. The van der Waals surface area contributed by atoms with E-state index in [1.165, 1.54) is 0 Å². The minimum Gasteiger partial charge on any atom is -0.513 e. The Kier molecular flexibility index (Phi) is 12.8. The lowest BCUT2D eigenvalue weighted by Gasteiger charge is -1.98. The summed E-state index contributed by atoms with van der Waals surface area (Å²) >= 11 is 0. The van der Waals surface area contributed by atoms with Gasteiger partial charge < -0.3 is 5.11 Å². The van der Waals surface area contributed by atoms with Crippen LogP contribution >= 0.6 is 0 Å². The normalized spacial score (nSPS) is 10.6. The van der Waals surface area contributed by atoms with Gasteiger partial charge in [-0.1, -0.05) is 51.3 Å². The van der Waals surface area contributed by atoms with Crippen LogP contribution in [0.3, 0.4) is 0 Å². The summed E-state index contributed by atoms with van der Waals surface area (Å²) in [4.78, 5) is 0. The fourth-order valence-electron chi connectivity index (χ4n) is 0.762. The van der Waals surface area contributed by atoms with Gasteiger partial charge in [0.2, 0.25) is 0 Å². The van der Waals surface area contributed by atoms with Gasteiger partial charge in [-0.2, -0.15) is 0 Å². The summed E-state index contributed by atoms with van der Waals surface area (Å²) in [6.07, 6.45) is 9.09. The molecule has 0 amide bonds. The Hall–Kier alpha value is -1.24. The van der Waals surface area contributed by atoms with Gasteiger partial charge in [-0.25, -0.2) is 0 Å². The average Bonchev–Trinajstić information content (AvgIpc) is 2.21. The Balaban J connectivity index is 0. The van der Waals surface area contributed by atoms with Crippen LogP contribution in [0.4, 0.5) is 0 Å². The largest absolute Gasteiger partial charge is 0.513 e. The highest BCUT2D eigenvalue weighted by Gasteiger charge is 1.92. The van der Waals surface area contributed by atoms with E-state index in [9.17, 15) is 0 Å². The Bertz CT molecular complexity index is 209. The number of hydrogen-bond donors (Lipinski definition) is 1. The molecular weight excluding hydrogens is 172 g/mol. The molecule has 0 saturated heterocycles. The van der Waals surface area contributed by atoms with Crippen molar-refractivity contribution in [1.29, 1.82) is 0 Å². The Labute approximate surface area is 88.2 Å². The van der Waals surface area contributed by atoms with Crippen molar-refractivity contribution in [3.05, 3.63) is 48.8 Å². The van der Waals surface area contributed by atoms with Gasteiger partial charge in [0.15, 0.2) is 0 Å². The first-order valence-corrected chi connectivity index (χ1v) is 5.01. The Morgan fingerprint density at radius 2 is 1.86 bits per heavy atom. The van der Waals surface area contributed by atoms with Gasteiger partial charge in [0.05, 0.1) is 5.76 Å². The predicted molar refractivity (Wildman–Crippen MR) is 65.4 cm³/mol. The van der Waals surface area contributed by atoms with Crippen LogP contribution < -0.4 is 0 Å². The van der Waals surface area contributed by atoms with Crippen molar-refractivity contribution in [2.45, 2.75) is 33.6 Å². The monoisotopic (exact) mass is 194 g/mol. The minimum atomic E-state index is 0.225. The molecule has 80 valence electrons. The van der Waals surface area contributed by atoms with E-state index in [1.54, 1.807) is 6.08 Å². The SMILES string of the molecule is C=C/C(=C\C=C/C)CCC(=C)O.CC. The molecule has 0 unspecified atom stereocenters. The molecule has 0 saturated carbocycles. The van der Waals surface area contributed by atoms with E-state index < -0.39 is 0 Å². The quantitative estimate of drug-likeness (QED) is 0.502. The van der Waals surface area contributed by atoms with Crippen molar-refractivity contribution in [1.82, 2.24) is 0 Å². The molecule has 0 aromatic rings. The molecule has 0 aromatic carbocycles. The molecule has 1 N–H and O–H groups in total. The number of hydrogen-bond acceptors (Lipinski definition) is 1. The third kappa shape index (κ3) is 10.8. The van der Waals surface area contributed by atoms with Crippen molar-refractivity contribution in [3.63, 3.8) is 0 Å². The van der Waals surface area contributed by atoms with E-state index in [2.05, 4.69) is 13.2 Å². The molecule has 0 aromatic heterocycles. The summed E-state index contributed by atoms with van der Waals surface area (Å²) in [5.74, 6) is 0.225. The lowest BCUT2D eigenvalue weighted by atomic mass is 10.1. The summed E-state index contributed by atoms with van der Waals surface area (Å²) in [6.45, 7) is 13.1. The zero-order chi connectivity index (χ0) is 11.4. The van der Waals surface area contributed by atoms with Gasteiger partial charge in [0, 0.05) is 6.42 Å². The molecule has 0 rings (SSSR count). The topological polar surface area (TPSA) is 20.2 Å². The highest BCUT2D eigenvalue weighted by molar-refractivity contribution is 5.22. The van der Waals surface area contributed by atoms with Crippen molar-refractivity contribution < 1.29 is 5.11 Å². The first kappa shape index (κ1) is 15.2. The number of aliphatic hydroxyl groups is 1. The standard InChI is InChI=1S/C11H16O.C2H6/c1-4-6-7-11(5-2)9-8-10(3)12;1-2/h4-7,12H,2-3,8-9H2,1H3;1-2H3/b6-4-,11-7+;. The van der Waals surface area contributed by atoms with Crippen molar-refractivity contribution in [2.75, 3.05) is 0 Å². The fourth-order valence-corrected chi connectivity index (χ4v) is 0.762. The first-order valence-electron chi connectivity index (χ1n) is 5.01. The third-order valence-electron chi connectivity index (χ3n) is 1.47. The van der Waals surface area contributed by atoms with E-state index in [0.29, 0.717) is 6.42 Å². The van der Waals surface area contributed by atoms with E-state index in [1.807, 2.05) is 39.0 Å². The number of aliphatic hydroxyl groups excluding tert-OH is 1. The van der Waals surface area contributed by atoms with E-state index in [4.69, 9.17) is 5.11 Å². The molecule has 0 bridgehead atoms. The van der Waals surface area contributed by atoms with Gasteiger partial charge in [-0.05, 0) is 18.9 Å².